The second-order valence-electron chi connectivity index (χ2n) is 5.07. The number of carbonyl (C=O) groups excluding carboxylic acids is 1. The van der Waals surface area contributed by atoms with E-state index in [-0.39, 0.29) is 17.1 Å². The van der Waals surface area contributed by atoms with Crippen LogP contribution in [0.3, 0.4) is 0 Å². The maximum absolute atomic E-state index is 13.7. The zero-order valence-electron chi connectivity index (χ0n) is 10.6. The summed E-state index contributed by atoms with van der Waals surface area (Å²) >= 11 is 5.63. The number of benzene rings is 1. The van der Waals surface area contributed by atoms with E-state index in [1.165, 1.54) is 18.2 Å². The molecule has 1 aromatic carbocycles. The summed E-state index contributed by atoms with van der Waals surface area (Å²) in [6.07, 6.45) is 4.37. The summed E-state index contributed by atoms with van der Waals surface area (Å²) in [6.45, 7) is 0.151. The highest BCUT2D eigenvalue weighted by atomic mass is 35.5. The van der Waals surface area contributed by atoms with Crippen LogP contribution in [0.25, 0.3) is 0 Å². The zero-order valence-corrected chi connectivity index (χ0v) is 11.3. The van der Waals surface area contributed by atoms with Crippen LogP contribution in [0.1, 0.15) is 42.5 Å². The average molecular weight is 286 g/mol. The summed E-state index contributed by atoms with van der Waals surface area (Å²) < 4.78 is 13.7. The van der Waals surface area contributed by atoms with Gasteiger partial charge in [0, 0.05) is 6.54 Å². The highest BCUT2D eigenvalue weighted by Crippen LogP contribution is 2.27. The van der Waals surface area contributed by atoms with Gasteiger partial charge in [-0.05, 0) is 25.0 Å². The monoisotopic (exact) mass is 285 g/mol. The smallest absolute Gasteiger partial charge is 0.254 e. The van der Waals surface area contributed by atoms with Crippen LogP contribution in [0, 0.1) is 5.82 Å². The molecular formula is C14H17ClFNO2. The number of aliphatic hydroxyl groups is 1. The van der Waals surface area contributed by atoms with E-state index >= 15 is 0 Å². The maximum Gasteiger partial charge on any atom is 0.254 e. The molecule has 2 N–H and O–H groups in total. The zero-order chi connectivity index (χ0) is 13.9. The third-order valence-corrected chi connectivity index (χ3v) is 3.85. The molecule has 19 heavy (non-hydrogen) atoms. The molecule has 1 saturated carbocycles. The second kappa shape index (κ2) is 5.88. The van der Waals surface area contributed by atoms with Crippen molar-refractivity contribution in [3.63, 3.8) is 0 Å². The molecule has 1 amide bonds. The highest BCUT2D eigenvalue weighted by Gasteiger charge is 2.29. The predicted molar refractivity (Wildman–Crippen MR) is 71.8 cm³/mol. The normalized spacial score (nSPS) is 18.1. The number of halogens is 2. The Morgan fingerprint density at radius 3 is 2.74 bits per heavy atom. The van der Waals surface area contributed by atoms with Crippen LogP contribution in [-0.4, -0.2) is 23.2 Å². The maximum atomic E-state index is 13.7. The molecule has 1 aromatic rings. The highest BCUT2D eigenvalue weighted by molar-refractivity contribution is 6.31. The van der Waals surface area contributed by atoms with E-state index in [1.807, 2.05) is 0 Å². The molecule has 2 rings (SSSR count). The fourth-order valence-corrected chi connectivity index (χ4v) is 2.58. The Morgan fingerprint density at radius 1 is 1.37 bits per heavy atom. The Kier molecular flexibility index (Phi) is 4.42. The second-order valence-corrected chi connectivity index (χ2v) is 5.48. The third-order valence-electron chi connectivity index (χ3n) is 3.56. The van der Waals surface area contributed by atoms with Gasteiger partial charge in [-0.2, -0.15) is 0 Å². The van der Waals surface area contributed by atoms with Crippen LogP contribution < -0.4 is 5.32 Å². The van der Waals surface area contributed by atoms with Gasteiger partial charge in [0.15, 0.2) is 5.82 Å². The Balaban J connectivity index is 1.99. The first-order chi connectivity index (χ1) is 9.02. The van der Waals surface area contributed by atoms with Crippen molar-refractivity contribution in [2.24, 2.45) is 0 Å². The lowest BCUT2D eigenvalue weighted by Crippen LogP contribution is -2.44. The Labute approximate surface area is 116 Å². The molecule has 1 aliphatic rings. The van der Waals surface area contributed by atoms with Crippen LogP contribution in [0.4, 0.5) is 4.39 Å². The summed E-state index contributed by atoms with van der Waals surface area (Å²) in [5.41, 5.74) is -0.949. The molecule has 0 spiro atoms. The number of nitrogens with one attached hydrogen (secondary N) is 1. The first-order valence-electron chi connectivity index (χ1n) is 6.46. The lowest BCUT2D eigenvalue weighted by molar-refractivity contribution is 0.00521. The molecule has 0 unspecified atom stereocenters. The topological polar surface area (TPSA) is 49.3 Å². The van der Waals surface area contributed by atoms with Crippen molar-refractivity contribution in [2.75, 3.05) is 6.54 Å². The molecule has 0 atom stereocenters. The molecule has 0 heterocycles. The van der Waals surface area contributed by atoms with E-state index in [9.17, 15) is 14.3 Å². The first-order valence-corrected chi connectivity index (χ1v) is 6.84. The fraction of sp³-hybridized carbons (Fsp3) is 0.500. The summed E-state index contributed by atoms with van der Waals surface area (Å²) in [7, 11) is 0. The van der Waals surface area contributed by atoms with E-state index in [4.69, 9.17) is 11.6 Å². The summed E-state index contributed by atoms with van der Waals surface area (Å²) in [6, 6.07) is 4.29. The van der Waals surface area contributed by atoms with Crippen LogP contribution in [0.5, 0.6) is 0 Å². The lowest BCUT2D eigenvalue weighted by Gasteiger charge is -2.32. The fourth-order valence-electron chi connectivity index (χ4n) is 2.41. The minimum Gasteiger partial charge on any atom is -0.388 e. The van der Waals surface area contributed by atoms with Gasteiger partial charge >= 0.3 is 0 Å². The molecule has 0 aliphatic heterocycles. The predicted octanol–water partition coefficient (Wildman–Crippen LogP) is 2.90. The van der Waals surface area contributed by atoms with Crippen LogP contribution in [0.2, 0.25) is 5.02 Å². The number of hydrogen-bond donors (Lipinski definition) is 2. The van der Waals surface area contributed by atoms with Crippen molar-refractivity contribution in [3.05, 3.63) is 34.6 Å². The molecule has 0 bridgehead atoms. The Hall–Kier alpha value is -1.13. The van der Waals surface area contributed by atoms with Gasteiger partial charge < -0.3 is 10.4 Å². The molecule has 3 nitrogen and oxygen atoms in total. The standard InChI is InChI=1S/C14H17ClFNO2/c15-11-6-4-5-10(12(11)16)13(18)17-9-14(19)7-2-1-3-8-14/h4-6,19H,1-3,7-9H2,(H,17,18). The minimum absolute atomic E-state index is 0.0796. The molecule has 0 aromatic heterocycles. The Morgan fingerprint density at radius 2 is 2.05 bits per heavy atom. The van der Waals surface area contributed by atoms with Crippen LogP contribution in [0.15, 0.2) is 18.2 Å². The molecule has 0 radical (unpaired) electrons. The van der Waals surface area contributed by atoms with Crippen molar-refractivity contribution >= 4 is 17.5 Å². The lowest BCUT2D eigenvalue weighted by atomic mass is 9.85. The van der Waals surface area contributed by atoms with Crippen molar-refractivity contribution in [2.45, 2.75) is 37.7 Å². The summed E-state index contributed by atoms with van der Waals surface area (Å²) in [5, 5.41) is 12.8. The molecule has 1 aliphatic carbocycles. The SMILES string of the molecule is O=C(NCC1(O)CCCCC1)c1cccc(Cl)c1F. The van der Waals surface area contributed by atoms with E-state index in [0.29, 0.717) is 12.8 Å². The third kappa shape index (κ3) is 3.45. The number of rotatable bonds is 3. The average Bonchev–Trinajstić information content (AvgIpc) is 2.40. The molecule has 1 fully saturated rings. The molecular weight excluding hydrogens is 269 g/mol. The Bertz CT molecular complexity index is 473. The van der Waals surface area contributed by atoms with Crippen LogP contribution in [-0.2, 0) is 0 Å². The van der Waals surface area contributed by atoms with Gasteiger partial charge in [0.05, 0.1) is 16.2 Å². The van der Waals surface area contributed by atoms with Crippen molar-refractivity contribution < 1.29 is 14.3 Å². The molecule has 5 heteroatoms. The van der Waals surface area contributed by atoms with E-state index in [1.54, 1.807) is 0 Å². The van der Waals surface area contributed by atoms with E-state index in [2.05, 4.69) is 5.32 Å². The van der Waals surface area contributed by atoms with Gasteiger partial charge in [-0.3, -0.25) is 4.79 Å². The van der Waals surface area contributed by atoms with Crippen molar-refractivity contribution in [1.82, 2.24) is 5.32 Å². The quantitative estimate of drug-likeness (QED) is 0.897. The van der Waals surface area contributed by atoms with Gasteiger partial charge in [-0.1, -0.05) is 36.9 Å². The molecule has 0 saturated heterocycles. The number of hydrogen-bond acceptors (Lipinski definition) is 2. The van der Waals surface area contributed by atoms with Crippen molar-refractivity contribution in [3.8, 4) is 0 Å². The van der Waals surface area contributed by atoms with Gasteiger partial charge in [0.2, 0.25) is 0 Å². The van der Waals surface area contributed by atoms with Crippen molar-refractivity contribution in [1.29, 1.82) is 0 Å². The van der Waals surface area contributed by atoms with E-state index < -0.39 is 17.3 Å². The summed E-state index contributed by atoms with van der Waals surface area (Å²) in [5.74, 6) is -1.27. The minimum atomic E-state index is -0.858. The number of amides is 1. The first kappa shape index (κ1) is 14.3. The molecule has 104 valence electrons. The van der Waals surface area contributed by atoms with Crippen LogP contribution >= 0.6 is 11.6 Å². The van der Waals surface area contributed by atoms with Gasteiger partial charge in [-0.15, -0.1) is 0 Å². The number of carbonyl (C=O) groups is 1. The van der Waals surface area contributed by atoms with Gasteiger partial charge in [-0.25, -0.2) is 4.39 Å². The summed E-state index contributed by atoms with van der Waals surface area (Å²) in [4.78, 5) is 11.9. The van der Waals surface area contributed by atoms with Gasteiger partial charge in [0.1, 0.15) is 0 Å². The largest absolute Gasteiger partial charge is 0.388 e. The van der Waals surface area contributed by atoms with E-state index in [0.717, 1.165) is 19.3 Å². The van der Waals surface area contributed by atoms with Gasteiger partial charge in [0.25, 0.3) is 5.91 Å².